The van der Waals surface area contributed by atoms with Crippen molar-refractivity contribution in [3.05, 3.63) is 29.8 Å². The molecule has 0 atom stereocenters. The minimum Gasteiger partial charge on any atom is -0.469 e. The van der Waals surface area contributed by atoms with Gasteiger partial charge in [0.2, 0.25) is 0 Å². The summed E-state index contributed by atoms with van der Waals surface area (Å²) in [5, 5.41) is 5.23. The van der Waals surface area contributed by atoms with E-state index in [0.717, 1.165) is 5.56 Å². The van der Waals surface area contributed by atoms with Crippen LogP contribution >= 0.6 is 11.6 Å². The van der Waals surface area contributed by atoms with Gasteiger partial charge < -0.3 is 15.4 Å². The summed E-state index contributed by atoms with van der Waals surface area (Å²) >= 11 is 5.45. The zero-order chi connectivity index (χ0) is 13.4. The number of carbonyl (C=O) groups is 2. The molecular formula is C12H15ClN2O3. The Morgan fingerprint density at radius 3 is 2.50 bits per heavy atom. The molecule has 0 radical (unpaired) electrons. The van der Waals surface area contributed by atoms with Gasteiger partial charge in [0.05, 0.1) is 13.5 Å². The Kier molecular flexibility index (Phi) is 6.00. The van der Waals surface area contributed by atoms with Gasteiger partial charge in [-0.1, -0.05) is 12.1 Å². The van der Waals surface area contributed by atoms with E-state index in [1.165, 1.54) is 7.11 Å². The van der Waals surface area contributed by atoms with E-state index in [-0.39, 0.29) is 18.4 Å². The number of amides is 2. The molecule has 0 aliphatic carbocycles. The number of rotatable bonds is 5. The number of nitrogens with one attached hydrogen (secondary N) is 2. The van der Waals surface area contributed by atoms with Gasteiger partial charge in [0.1, 0.15) is 0 Å². The Labute approximate surface area is 110 Å². The van der Waals surface area contributed by atoms with Gasteiger partial charge in [0, 0.05) is 18.1 Å². The Balaban J connectivity index is 2.49. The van der Waals surface area contributed by atoms with Gasteiger partial charge in [-0.2, -0.15) is 0 Å². The third kappa shape index (κ3) is 5.05. The number of hydrogen-bond donors (Lipinski definition) is 2. The molecule has 6 heteroatoms. The Morgan fingerprint density at radius 1 is 1.28 bits per heavy atom. The molecule has 5 nitrogen and oxygen atoms in total. The highest BCUT2D eigenvalue weighted by Gasteiger charge is 2.04. The van der Waals surface area contributed by atoms with Crippen molar-refractivity contribution < 1.29 is 14.3 Å². The van der Waals surface area contributed by atoms with Crippen LogP contribution in [0.25, 0.3) is 0 Å². The van der Waals surface area contributed by atoms with Gasteiger partial charge in [0.15, 0.2) is 0 Å². The Morgan fingerprint density at radius 2 is 1.94 bits per heavy atom. The number of methoxy groups -OCH3 is 1. The van der Waals surface area contributed by atoms with E-state index < -0.39 is 0 Å². The van der Waals surface area contributed by atoms with Crippen LogP contribution in [0.2, 0.25) is 0 Å². The van der Waals surface area contributed by atoms with Crippen LogP contribution in [0, 0.1) is 0 Å². The predicted molar refractivity (Wildman–Crippen MR) is 69.9 cm³/mol. The number of anilines is 1. The minimum absolute atomic E-state index is 0.217. The molecule has 0 unspecified atom stereocenters. The maximum absolute atomic E-state index is 11.3. The summed E-state index contributed by atoms with van der Waals surface area (Å²) in [4.78, 5) is 22.4. The molecule has 1 aromatic rings. The van der Waals surface area contributed by atoms with Crippen molar-refractivity contribution >= 4 is 29.3 Å². The molecule has 0 fully saturated rings. The number of halogens is 1. The molecule has 2 N–H and O–H groups in total. The highest BCUT2D eigenvalue weighted by Crippen LogP contribution is 2.10. The van der Waals surface area contributed by atoms with Gasteiger partial charge >= 0.3 is 12.0 Å². The fraction of sp³-hybridized carbons (Fsp3) is 0.333. The molecule has 0 aliphatic rings. The number of hydrogen-bond acceptors (Lipinski definition) is 3. The first-order valence-corrected chi connectivity index (χ1v) is 5.95. The SMILES string of the molecule is COC(=O)Cc1ccc(NC(=O)NCCCl)cc1. The van der Waals surface area contributed by atoms with Crippen molar-refractivity contribution in [3.63, 3.8) is 0 Å². The summed E-state index contributed by atoms with van der Waals surface area (Å²) in [7, 11) is 1.35. The molecule has 0 spiro atoms. The lowest BCUT2D eigenvalue weighted by Gasteiger charge is -2.07. The molecule has 98 valence electrons. The number of esters is 1. The van der Waals surface area contributed by atoms with Crippen molar-refractivity contribution in [2.75, 3.05) is 24.9 Å². The summed E-state index contributed by atoms with van der Waals surface area (Å²) in [6.07, 6.45) is 0.217. The molecule has 0 aliphatic heterocycles. The van der Waals surface area contributed by atoms with Gasteiger partial charge in [-0.3, -0.25) is 4.79 Å². The number of ether oxygens (including phenoxy) is 1. The lowest BCUT2D eigenvalue weighted by Crippen LogP contribution is -2.30. The van der Waals surface area contributed by atoms with Crippen molar-refractivity contribution in [2.45, 2.75) is 6.42 Å². The van der Waals surface area contributed by atoms with Crippen molar-refractivity contribution in [3.8, 4) is 0 Å². The van der Waals surface area contributed by atoms with Crippen LogP contribution < -0.4 is 10.6 Å². The molecule has 0 bridgehead atoms. The lowest BCUT2D eigenvalue weighted by atomic mass is 10.1. The second-order valence-electron chi connectivity index (χ2n) is 3.52. The molecule has 0 heterocycles. The third-order valence-corrected chi connectivity index (χ3v) is 2.36. The first-order chi connectivity index (χ1) is 8.65. The minimum atomic E-state index is -0.309. The Bertz CT molecular complexity index is 406. The maximum Gasteiger partial charge on any atom is 0.319 e. The fourth-order valence-electron chi connectivity index (χ4n) is 1.28. The second-order valence-corrected chi connectivity index (χ2v) is 3.90. The summed E-state index contributed by atoms with van der Waals surface area (Å²) in [6, 6.07) is 6.65. The van der Waals surface area contributed by atoms with Crippen LogP contribution in [-0.2, 0) is 16.0 Å². The average Bonchev–Trinajstić information content (AvgIpc) is 2.38. The van der Waals surface area contributed by atoms with Crippen molar-refractivity contribution in [2.24, 2.45) is 0 Å². The summed E-state index contributed by atoms with van der Waals surface area (Å²) < 4.78 is 4.56. The number of urea groups is 1. The van der Waals surface area contributed by atoms with E-state index >= 15 is 0 Å². The van der Waals surface area contributed by atoms with Gasteiger partial charge in [-0.05, 0) is 17.7 Å². The standard InChI is InChI=1S/C12H15ClN2O3/c1-18-11(16)8-9-2-4-10(5-3-9)15-12(17)14-7-6-13/h2-5H,6-8H2,1H3,(H2,14,15,17). The quantitative estimate of drug-likeness (QED) is 0.633. The molecule has 0 saturated heterocycles. The Hall–Kier alpha value is -1.75. The summed E-state index contributed by atoms with van der Waals surface area (Å²) in [5.74, 6) is 0.0708. The number of carbonyl (C=O) groups excluding carboxylic acids is 2. The van der Waals surface area contributed by atoms with Crippen LogP contribution in [0.4, 0.5) is 10.5 Å². The largest absolute Gasteiger partial charge is 0.469 e. The van der Waals surface area contributed by atoms with Crippen LogP contribution in [0.3, 0.4) is 0 Å². The first kappa shape index (κ1) is 14.3. The van der Waals surface area contributed by atoms with Crippen LogP contribution in [0.5, 0.6) is 0 Å². The fourth-order valence-corrected chi connectivity index (χ4v) is 1.38. The van der Waals surface area contributed by atoms with Gasteiger partial charge in [-0.15, -0.1) is 11.6 Å². The summed E-state index contributed by atoms with van der Waals surface area (Å²) in [6.45, 7) is 0.411. The highest BCUT2D eigenvalue weighted by molar-refractivity contribution is 6.18. The van der Waals surface area contributed by atoms with E-state index in [4.69, 9.17) is 11.6 Å². The molecule has 0 saturated carbocycles. The molecule has 1 aromatic carbocycles. The second kappa shape index (κ2) is 7.55. The number of benzene rings is 1. The first-order valence-electron chi connectivity index (χ1n) is 5.42. The van der Waals surface area contributed by atoms with Gasteiger partial charge in [0.25, 0.3) is 0 Å². The third-order valence-electron chi connectivity index (χ3n) is 2.17. The van der Waals surface area contributed by atoms with E-state index in [1.54, 1.807) is 24.3 Å². The van der Waals surface area contributed by atoms with Crippen LogP contribution in [-0.4, -0.2) is 31.5 Å². The van der Waals surface area contributed by atoms with Crippen molar-refractivity contribution in [1.82, 2.24) is 5.32 Å². The van der Waals surface area contributed by atoms with Crippen molar-refractivity contribution in [1.29, 1.82) is 0 Å². The smallest absolute Gasteiger partial charge is 0.319 e. The normalized spacial score (nSPS) is 9.67. The van der Waals surface area contributed by atoms with Gasteiger partial charge in [-0.25, -0.2) is 4.79 Å². The summed E-state index contributed by atoms with van der Waals surface area (Å²) in [5.41, 5.74) is 1.48. The monoisotopic (exact) mass is 270 g/mol. The van der Waals surface area contributed by atoms with Crippen LogP contribution in [0.1, 0.15) is 5.56 Å². The predicted octanol–water partition coefficient (Wildman–Crippen LogP) is 1.76. The number of alkyl halides is 1. The topological polar surface area (TPSA) is 67.4 Å². The van der Waals surface area contributed by atoms with E-state index in [0.29, 0.717) is 18.1 Å². The van der Waals surface area contributed by atoms with E-state index in [2.05, 4.69) is 15.4 Å². The van der Waals surface area contributed by atoms with E-state index in [1.807, 2.05) is 0 Å². The molecule has 2 amide bonds. The zero-order valence-corrected chi connectivity index (χ0v) is 10.8. The highest BCUT2D eigenvalue weighted by atomic mass is 35.5. The van der Waals surface area contributed by atoms with Crippen LogP contribution in [0.15, 0.2) is 24.3 Å². The molecule has 1 rings (SSSR count). The average molecular weight is 271 g/mol. The lowest BCUT2D eigenvalue weighted by molar-refractivity contribution is -0.139. The van der Waals surface area contributed by atoms with E-state index in [9.17, 15) is 9.59 Å². The molecule has 0 aromatic heterocycles. The maximum atomic E-state index is 11.3. The molecule has 18 heavy (non-hydrogen) atoms. The zero-order valence-electron chi connectivity index (χ0n) is 10.0. The molecular weight excluding hydrogens is 256 g/mol.